The van der Waals surface area contributed by atoms with Crippen molar-refractivity contribution in [3.63, 3.8) is 0 Å². The first kappa shape index (κ1) is 17.2. The first-order valence-corrected chi connectivity index (χ1v) is 10.1. The van der Waals surface area contributed by atoms with Gasteiger partial charge in [0.2, 0.25) is 10.0 Å². The van der Waals surface area contributed by atoms with Crippen LogP contribution in [0.2, 0.25) is 0 Å². The van der Waals surface area contributed by atoms with Crippen molar-refractivity contribution in [2.24, 2.45) is 0 Å². The number of hydrogen-bond acceptors (Lipinski definition) is 4. The van der Waals surface area contributed by atoms with Gasteiger partial charge in [0.05, 0.1) is 16.1 Å². The van der Waals surface area contributed by atoms with E-state index in [-0.39, 0.29) is 16.5 Å². The normalized spacial score (nSPS) is 19.6. The zero-order chi connectivity index (χ0) is 17.2. The van der Waals surface area contributed by atoms with Crippen LogP contribution in [0.25, 0.3) is 0 Å². The fourth-order valence-corrected chi connectivity index (χ4v) is 4.93. The summed E-state index contributed by atoms with van der Waals surface area (Å²) in [4.78, 5) is 13.6. The summed E-state index contributed by atoms with van der Waals surface area (Å²) in [6.07, 6.45) is 6.95. The maximum absolute atomic E-state index is 12.6. The summed E-state index contributed by atoms with van der Waals surface area (Å²) in [5, 5.41) is 9.50. The smallest absolute Gasteiger partial charge is 0.337 e. The molecule has 1 aromatic rings. The van der Waals surface area contributed by atoms with Gasteiger partial charge in [0.25, 0.3) is 0 Å². The number of nitrogens with one attached hydrogen (secondary N) is 1. The molecule has 1 saturated heterocycles. The Balaban J connectivity index is 1.87. The number of benzene rings is 1. The van der Waals surface area contributed by atoms with Crippen LogP contribution in [-0.4, -0.2) is 38.6 Å². The van der Waals surface area contributed by atoms with E-state index in [4.69, 9.17) is 0 Å². The maximum Gasteiger partial charge on any atom is 0.337 e. The average Bonchev–Trinajstić information content (AvgIpc) is 3.09. The van der Waals surface area contributed by atoms with Crippen LogP contribution < -0.4 is 9.62 Å². The summed E-state index contributed by atoms with van der Waals surface area (Å²) < 4.78 is 27.9. The molecule has 0 unspecified atom stereocenters. The summed E-state index contributed by atoms with van der Waals surface area (Å²) in [5.41, 5.74) is 0.667. The number of rotatable bonds is 5. The second-order valence-corrected chi connectivity index (χ2v) is 8.35. The Bertz CT molecular complexity index is 705. The van der Waals surface area contributed by atoms with Crippen molar-refractivity contribution in [3.05, 3.63) is 23.8 Å². The molecule has 0 bridgehead atoms. The lowest BCUT2D eigenvalue weighted by molar-refractivity contribution is 0.0697. The lowest BCUT2D eigenvalue weighted by Gasteiger charge is -2.23. The van der Waals surface area contributed by atoms with Crippen LogP contribution in [-0.2, 0) is 10.0 Å². The Labute approximate surface area is 142 Å². The minimum Gasteiger partial charge on any atom is -0.478 e. The minimum atomic E-state index is -3.69. The van der Waals surface area contributed by atoms with Crippen LogP contribution in [0.3, 0.4) is 0 Å². The zero-order valence-electron chi connectivity index (χ0n) is 13.7. The van der Waals surface area contributed by atoms with Crippen LogP contribution in [0.1, 0.15) is 55.3 Å². The quantitative estimate of drug-likeness (QED) is 0.850. The minimum absolute atomic E-state index is 0.0356. The van der Waals surface area contributed by atoms with E-state index in [0.29, 0.717) is 5.69 Å². The summed E-state index contributed by atoms with van der Waals surface area (Å²) >= 11 is 0. The molecule has 3 rings (SSSR count). The van der Waals surface area contributed by atoms with Crippen molar-refractivity contribution in [3.8, 4) is 0 Å². The van der Waals surface area contributed by atoms with Crippen LogP contribution in [0.4, 0.5) is 5.69 Å². The number of hydrogen-bond donors (Lipinski definition) is 2. The van der Waals surface area contributed by atoms with Crippen LogP contribution in [0.5, 0.6) is 0 Å². The van der Waals surface area contributed by atoms with E-state index < -0.39 is 16.0 Å². The first-order chi connectivity index (χ1) is 11.5. The topological polar surface area (TPSA) is 86.7 Å². The van der Waals surface area contributed by atoms with Gasteiger partial charge in [-0.05, 0) is 43.9 Å². The average molecular weight is 352 g/mol. The fourth-order valence-electron chi connectivity index (χ4n) is 3.60. The molecule has 1 aromatic carbocycles. The molecule has 1 heterocycles. The number of sulfonamides is 1. The van der Waals surface area contributed by atoms with E-state index >= 15 is 0 Å². The number of anilines is 1. The molecule has 132 valence electrons. The fraction of sp³-hybridized carbons (Fsp3) is 0.588. The van der Waals surface area contributed by atoms with Crippen molar-refractivity contribution in [1.29, 1.82) is 0 Å². The van der Waals surface area contributed by atoms with Gasteiger partial charge in [0, 0.05) is 19.1 Å². The number of nitrogens with zero attached hydrogens (tertiary/aromatic N) is 1. The lowest BCUT2D eigenvalue weighted by atomic mass is 9.96. The Morgan fingerprint density at radius 2 is 1.75 bits per heavy atom. The Morgan fingerprint density at radius 1 is 1.08 bits per heavy atom. The second-order valence-electron chi connectivity index (χ2n) is 6.63. The highest BCUT2D eigenvalue weighted by molar-refractivity contribution is 7.89. The molecular formula is C17H24N2O4S. The van der Waals surface area contributed by atoms with Gasteiger partial charge in [-0.1, -0.05) is 19.3 Å². The predicted octanol–water partition coefficient (Wildman–Crippen LogP) is 2.60. The predicted molar refractivity (Wildman–Crippen MR) is 92.0 cm³/mol. The van der Waals surface area contributed by atoms with Crippen molar-refractivity contribution < 1.29 is 18.3 Å². The first-order valence-electron chi connectivity index (χ1n) is 8.62. The van der Waals surface area contributed by atoms with E-state index in [2.05, 4.69) is 4.72 Å². The molecule has 0 atom stereocenters. The van der Waals surface area contributed by atoms with Gasteiger partial charge in [-0.3, -0.25) is 0 Å². The van der Waals surface area contributed by atoms with E-state index in [1.54, 1.807) is 6.07 Å². The standard InChI is InChI=1S/C17H24N2O4S/c20-17(21)15-12-14(8-9-16(15)19-10-4-5-11-19)24(22,23)18-13-6-2-1-3-7-13/h8-9,12-13,18H,1-7,10-11H2,(H,20,21). The number of carboxylic acid groups (broad SMARTS) is 1. The van der Waals surface area contributed by atoms with Crippen molar-refractivity contribution in [1.82, 2.24) is 4.72 Å². The summed E-state index contributed by atoms with van der Waals surface area (Å²) in [6.45, 7) is 1.62. The third-order valence-corrected chi connectivity index (χ3v) is 6.40. The second kappa shape index (κ2) is 7.11. The number of carboxylic acids is 1. The van der Waals surface area contributed by atoms with Gasteiger partial charge in [0.1, 0.15) is 0 Å². The Morgan fingerprint density at radius 3 is 2.38 bits per heavy atom. The zero-order valence-corrected chi connectivity index (χ0v) is 14.5. The summed E-state index contributed by atoms with van der Waals surface area (Å²) in [6, 6.07) is 4.40. The van der Waals surface area contributed by atoms with Gasteiger partial charge in [-0.25, -0.2) is 17.9 Å². The third-order valence-electron chi connectivity index (χ3n) is 4.88. The van der Waals surface area contributed by atoms with Crippen molar-refractivity contribution in [2.45, 2.75) is 55.9 Å². The highest BCUT2D eigenvalue weighted by Crippen LogP contribution is 2.28. The molecule has 0 spiro atoms. The molecule has 1 aliphatic heterocycles. The largest absolute Gasteiger partial charge is 0.478 e. The lowest BCUT2D eigenvalue weighted by Crippen LogP contribution is -2.36. The molecule has 1 saturated carbocycles. The van der Waals surface area contributed by atoms with E-state index in [1.165, 1.54) is 12.1 Å². The van der Waals surface area contributed by atoms with Gasteiger partial charge < -0.3 is 10.0 Å². The molecule has 0 amide bonds. The van der Waals surface area contributed by atoms with E-state index in [9.17, 15) is 18.3 Å². The van der Waals surface area contributed by atoms with Crippen molar-refractivity contribution >= 4 is 21.7 Å². The van der Waals surface area contributed by atoms with Crippen LogP contribution >= 0.6 is 0 Å². The molecule has 2 fully saturated rings. The molecule has 1 aliphatic carbocycles. The molecule has 6 nitrogen and oxygen atoms in total. The molecule has 2 N–H and O–H groups in total. The van der Waals surface area contributed by atoms with Crippen molar-refractivity contribution in [2.75, 3.05) is 18.0 Å². The van der Waals surface area contributed by atoms with Gasteiger partial charge in [0.15, 0.2) is 0 Å². The Kier molecular flexibility index (Phi) is 5.10. The number of aromatic carboxylic acids is 1. The van der Waals surface area contributed by atoms with E-state index in [0.717, 1.165) is 58.0 Å². The van der Waals surface area contributed by atoms with Crippen LogP contribution in [0.15, 0.2) is 23.1 Å². The maximum atomic E-state index is 12.6. The SMILES string of the molecule is O=C(O)c1cc(S(=O)(=O)NC2CCCCC2)ccc1N1CCCC1. The van der Waals surface area contributed by atoms with Gasteiger partial charge in [-0.2, -0.15) is 0 Å². The Hall–Kier alpha value is -1.60. The molecule has 7 heteroatoms. The summed E-state index contributed by atoms with van der Waals surface area (Å²) in [7, 11) is -3.69. The molecule has 0 radical (unpaired) electrons. The third kappa shape index (κ3) is 3.72. The van der Waals surface area contributed by atoms with Gasteiger partial charge >= 0.3 is 5.97 Å². The van der Waals surface area contributed by atoms with E-state index in [1.807, 2.05) is 4.90 Å². The monoisotopic (exact) mass is 352 g/mol. The number of carbonyl (C=O) groups is 1. The highest BCUT2D eigenvalue weighted by atomic mass is 32.2. The van der Waals surface area contributed by atoms with Crippen LogP contribution in [0, 0.1) is 0 Å². The molecular weight excluding hydrogens is 328 g/mol. The van der Waals surface area contributed by atoms with Gasteiger partial charge in [-0.15, -0.1) is 0 Å². The molecule has 2 aliphatic rings. The molecule has 0 aromatic heterocycles. The summed E-state index contributed by atoms with van der Waals surface area (Å²) in [5.74, 6) is -1.09. The highest BCUT2D eigenvalue weighted by Gasteiger charge is 2.25. The molecule has 24 heavy (non-hydrogen) atoms.